The predicted octanol–water partition coefficient (Wildman–Crippen LogP) is 2.37. The average molecular weight is 281 g/mol. The molecule has 0 aliphatic rings. The Morgan fingerprint density at radius 2 is 1.94 bits per heavy atom. The maximum atomic E-state index is 11.4. The van der Waals surface area contributed by atoms with E-state index in [9.17, 15) is 9.59 Å². The van der Waals surface area contributed by atoms with Crippen LogP contribution in [-0.4, -0.2) is 40.3 Å². The van der Waals surface area contributed by atoms with Gasteiger partial charge in [-0.2, -0.15) is 0 Å². The second kappa shape index (κ2) is 7.71. The van der Waals surface area contributed by atoms with E-state index in [0.29, 0.717) is 5.75 Å². The zero-order valence-electron chi connectivity index (χ0n) is 10.5. The van der Waals surface area contributed by atoms with Gasteiger partial charge in [0.2, 0.25) is 0 Å². The Balaban J connectivity index is 4.16. The summed E-state index contributed by atoms with van der Waals surface area (Å²) in [5, 5.41) is 11.3. The second-order valence-electron chi connectivity index (χ2n) is 4.23. The third-order valence-corrected chi connectivity index (χ3v) is 3.91. The quantitative estimate of drug-likeness (QED) is 0.575. The van der Waals surface area contributed by atoms with E-state index in [2.05, 4.69) is 5.32 Å². The van der Waals surface area contributed by atoms with Crippen molar-refractivity contribution < 1.29 is 19.4 Å². The van der Waals surface area contributed by atoms with E-state index in [1.54, 1.807) is 31.6 Å². The second-order valence-corrected chi connectivity index (χ2v) is 7.02. The summed E-state index contributed by atoms with van der Waals surface area (Å²) in [6.07, 6.45) is -0.702. The van der Waals surface area contributed by atoms with E-state index >= 15 is 0 Å². The van der Waals surface area contributed by atoms with E-state index in [-0.39, 0.29) is 0 Å². The highest BCUT2D eigenvalue weighted by Crippen LogP contribution is 2.21. The van der Waals surface area contributed by atoms with Gasteiger partial charge in [-0.05, 0) is 20.8 Å². The molecule has 1 amide bonds. The molecule has 0 radical (unpaired) electrons. The van der Waals surface area contributed by atoms with Gasteiger partial charge in [0.15, 0.2) is 0 Å². The summed E-state index contributed by atoms with van der Waals surface area (Å²) in [4.78, 5) is 22.3. The molecule has 0 rings (SSSR count). The fraction of sp³-hybridized carbons (Fsp3) is 0.800. The first kappa shape index (κ1) is 16.4. The van der Waals surface area contributed by atoms with Crippen molar-refractivity contribution in [2.24, 2.45) is 0 Å². The molecule has 100 valence electrons. The number of hydrogen-bond acceptors (Lipinski definition) is 5. The van der Waals surface area contributed by atoms with Crippen molar-refractivity contribution in [3.05, 3.63) is 0 Å². The van der Waals surface area contributed by atoms with Crippen LogP contribution in [0.1, 0.15) is 27.7 Å². The molecule has 0 aromatic heterocycles. The number of alkyl carbamates (subject to hydrolysis) is 1. The lowest BCUT2D eigenvalue weighted by Crippen LogP contribution is -2.44. The fourth-order valence-corrected chi connectivity index (χ4v) is 2.65. The molecular formula is C10H19NO4S2. The minimum atomic E-state index is -1.06. The van der Waals surface area contributed by atoms with E-state index in [0.717, 1.165) is 5.75 Å². The van der Waals surface area contributed by atoms with Gasteiger partial charge < -0.3 is 15.2 Å². The largest absolute Gasteiger partial charge is 0.480 e. The Labute approximate surface area is 109 Å². The van der Waals surface area contributed by atoms with Crippen LogP contribution in [0.3, 0.4) is 0 Å². The van der Waals surface area contributed by atoms with Crippen molar-refractivity contribution in [2.75, 3.05) is 11.5 Å². The van der Waals surface area contributed by atoms with E-state index in [1.807, 2.05) is 6.92 Å². The van der Waals surface area contributed by atoms with Gasteiger partial charge in [-0.25, -0.2) is 9.59 Å². The van der Waals surface area contributed by atoms with Crippen LogP contribution in [0.2, 0.25) is 0 Å². The highest BCUT2D eigenvalue weighted by Gasteiger charge is 2.23. The summed E-state index contributed by atoms with van der Waals surface area (Å²) in [6.45, 7) is 7.16. The van der Waals surface area contributed by atoms with Gasteiger partial charge >= 0.3 is 12.1 Å². The number of nitrogens with one attached hydrogen (secondary N) is 1. The lowest BCUT2D eigenvalue weighted by molar-refractivity contribution is -0.138. The molecule has 0 aliphatic carbocycles. The molecular weight excluding hydrogens is 262 g/mol. The number of ether oxygens (including phenoxy) is 1. The molecule has 0 aromatic carbocycles. The molecule has 0 aliphatic heterocycles. The molecule has 7 heteroatoms. The molecule has 0 saturated carbocycles. The van der Waals surface area contributed by atoms with Gasteiger partial charge in [0, 0.05) is 11.5 Å². The monoisotopic (exact) mass is 281 g/mol. The first-order chi connectivity index (χ1) is 7.76. The minimum Gasteiger partial charge on any atom is -0.480 e. The van der Waals surface area contributed by atoms with E-state index in [1.165, 1.54) is 10.8 Å². The topological polar surface area (TPSA) is 75.6 Å². The van der Waals surface area contributed by atoms with Crippen LogP contribution in [-0.2, 0) is 9.53 Å². The van der Waals surface area contributed by atoms with E-state index < -0.39 is 23.7 Å². The highest BCUT2D eigenvalue weighted by molar-refractivity contribution is 8.76. The minimum absolute atomic E-state index is 0.313. The summed E-state index contributed by atoms with van der Waals surface area (Å²) in [7, 11) is 2.97. The number of amides is 1. The number of hydrogen-bond donors (Lipinski definition) is 2. The van der Waals surface area contributed by atoms with Crippen molar-refractivity contribution >= 4 is 33.7 Å². The van der Waals surface area contributed by atoms with Crippen LogP contribution in [0.15, 0.2) is 0 Å². The van der Waals surface area contributed by atoms with Gasteiger partial charge in [0.05, 0.1) is 0 Å². The Hall–Kier alpha value is -0.560. The Bertz CT molecular complexity index is 266. The molecule has 2 N–H and O–H groups in total. The molecule has 0 aromatic rings. The number of carbonyl (C=O) groups is 2. The zero-order chi connectivity index (χ0) is 13.5. The third-order valence-electron chi connectivity index (χ3n) is 1.42. The first-order valence-electron chi connectivity index (χ1n) is 5.23. The summed E-state index contributed by atoms with van der Waals surface area (Å²) in [5.41, 5.74) is -0.627. The Kier molecular flexibility index (Phi) is 7.45. The van der Waals surface area contributed by atoms with Crippen molar-refractivity contribution in [1.82, 2.24) is 5.32 Å². The highest BCUT2D eigenvalue weighted by atomic mass is 33.1. The zero-order valence-corrected chi connectivity index (χ0v) is 12.1. The molecule has 0 unspecified atom stereocenters. The summed E-state index contributed by atoms with van der Waals surface area (Å²) >= 11 is 0. The molecule has 0 spiro atoms. The van der Waals surface area contributed by atoms with Crippen LogP contribution in [0, 0.1) is 0 Å². The lowest BCUT2D eigenvalue weighted by Gasteiger charge is -2.21. The van der Waals surface area contributed by atoms with Crippen LogP contribution in [0.5, 0.6) is 0 Å². The van der Waals surface area contributed by atoms with Gasteiger partial charge in [0.25, 0.3) is 0 Å². The smallest absolute Gasteiger partial charge is 0.408 e. The van der Waals surface area contributed by atoms with Crippen LogP contribution < -0.4 is 5.32 Å². The number of carboxylic acid groups (broad SMARTS) is 1. The number of carbonyl (C=O) groups excluding carboxylic acids is 1. The number of carboxylic acids is 1. The van der Waals surface area contributed by atoms with Gasteiger partial charge in [0.1, 0.15) is 11.6 Å². The Morgan fingerprint density at radius 3 is 2.35 bits per heavy atom. The summed E-state index contributed by atoms with van der Waals surface area (Å²) < 4.78 is 5.00. The molecule has 0 saturated heterocycles. The van der Waals surface area contributed by atoms with Gasteiger partial charge in [-0.3, -0.25) is 0 Å². The molecule has 0 fully saturated rings. The Morgan fingerprint density at radius 1 is 1.35 bits per heavy atom. The fourth-order valence-electron chi connectivity index (χ4n) is 0.824. The molecule has 0 heterocycles. The van der Waals surface area contributed by atoms with Gasteiger partial charge in [-0.1, -0.05) is 28.5 Å². The third kappa shape index (κ3) is 9.17. The predicted molar refractivity (Wildman–Crippen MR) is 71.4 cm³/mol. The SMILES string of the molecule is CCSSC[C@@H](NC(=O)OC(C)(C)C)C(=O)O. The van der Waals surface area contributed by atoms with Gasteiger partial charge in [-0.15, -0.1) is 0 Å². The van der Waals surface area contributed by atoms with Crippen LogP contribution >= 0.6 is 21.6 Å². The standard InChI is InChI=1S/C10H19NO4S2/c1-5-16-17-6-7(8(12)13)11-9(14)15-10(2,3)4/h7H,5-6H2,1-4H3,(H,11,14)(H,12,13)/t7-/m1/s1. The molecule has 1 atom stereocenters. The average Bonchev–Trinajstić information content (AvgIpc) is 2.13. The first-order valence-corrected chi connectivity index (χ1v) is 7.71. The summed E-state index contributed by atoms with van der Waals surface area (Å²) in [5.74, 6) is 0.149. The maximum absolute atomic E-state index is 11.4. The lowest BCUT2D eigenvalue weighted by atomic mass is 10.2. The van der Waals surface area contributed by atoms with E-state index in [4.69, 9.17) is 9.84 Å². The summed E-state index contributed by atoms with van der Waals surface area (Å²) in [6, 6.07) is -0.922. The molecule has 17 heavy (non-hydrogen) atoms. The normalized spacial score (nSPS) is 12.9. The molecule has 0 bridgehead atoms. The van der Waals surface area contributed by atoms with Crippen molar-refractivity contribution in [2.45, 2.75) is 39.3 Å². The van der Waals surface area contributed by atoms with Crippen LogP contribution in [0.25, 0.3) is 0 Å². The van der Waals surface area contributed by atoms with Crippen LogP contribution in [0.4, 0.5) is 4.79 Å². The number of aliphatic carboxylic acids is 1. The molecule has 5 nitrogen and oxygen atoms in total. The number of rotatable bonds is 6. The maximum Gasteiger partial charge on any atom is 0.408 e. The van der Waals surface area contributed by atoms with Crippen molar-refractivity contribution in [3.63, 3.8) is 0 Å². The van der Waals surface area contributed by atoms with Crippen molar-refractivity contribution in [3.8, 4) is 0 Å². The van der Waals surface area contributed by atoms with Crippen molar-refractivity contribution in [1.29, 1.82) is 0 Å².